The second kappa shape index (κ2) is 12.3. The van der Waals surface area contributed by atoms with Crippen LogP contribution in [0.25, 0.3) is 0 Å². The Morgan fingerprint density at radius 3 is 2.26 bits per heavy atom. The quantitative estimate of drug-likeness (QED) is 0.570. The van der Waals surface area contributed by atoms with Crippen molar-refractivity contribution in [1.82, 2.24) is 14.7 Å². The first kappa shape index (κ1) is 26.1. The van der Waals surface area contributed by atoms with Crippen molar-refractivity contribution in [3.63, 3.8) is 0 Å². The Morgan fingerprint density at radius 1 is 1.06 bits per heavy atom. The minimum absolute atomic E-state index is 0.0983. The molecule has 9 nitrogen and oxygen atoms in total. The third kappa shape index (κ3) is 6.76. The summed E-state index contributed by atoms with van der Waals surface area (Å²) < 4.78 is 22.2. The van der Waals surface area contributed by atoms with E-state index in [9.17, 15) is 9.59 Å². The van der Waals surface area contributed by atoms with Crippen molar-refractivity contribution in [3.8, 4) is 11.5 Å². The lowest BCUT2D eigenvalue weighted by atomic mass is 10.0. The highest BCUT2D eigenvalue weighted by molar-refractivity contribution is 5.79. The molecule has 0 radical (unpaired) electrons. The third-order valence-corrected chi connectivity index (χ3v) is 6.52. The molecule has 0 N–H and O–H groups in total. The highest BCUT2D eigenvalue weighted by atomic mass is 16.6. The van der Waals surface area contributed by atoms with Crippen LogP contribution < -0.4 is 9.47 Å². The van der Waals surface area contributed by atoms with Gasteiger partial charge in [-0.3, -0.25) is 9.69 Å². The molecular weight excluding hydrogens is 438 g/mol. The molecular formula is C25H39N3O6. The number of carbonyl (C=O) groups excluding carboxylic acids is 2. The minimum atomic E-state index is -0.256. The van der Waals surface area contributed by atoms with Crippen LogP contribution in [-0.2, 0) is 20.9 Å². The van der Waals surface area contributed by atoms with Crippen molar-refractivity contribution in [1.29, 1.82) is 0 Å². The number of rotatable bonds is 8. The van der Waals surface area contributed by atoms with Gasteiger partial charge in [0.25, 0.3) is 0 Å². The molecule has 9 heteroatoms. The predicted molar refractivity (Wildman–Crippen MR) is 128 cm³/mol. The van der Waals surface area contributed by atoms with Crippen LogP contribution in [0.3, 0.4) is 0 Å². The molecule has 0 aromatic heterocycles. The van der Waals surface area contributed by atoms with Crippen molar-refractivity contribution in [2.45, 2.75) is 58.4 Å². The summed E-state index contributed by atoms with van der Waals surface area (Å²) in [6.45, 7) is 9.52. The van der Waals surface area contributed by atoms with Gasteiger partial charge in [-0.05, 0) is 51.3 Å². The fraction of sp³-hybridized carbons (Fsp3) is 0.680. The Bertz CT molecular complexity index is 803. The number of hydrogen-bond acceptors (Lipinski definition) is 7. The zero-order chi connectivity index (χ0) is 24.7. The van der Waals surface area contributed by atoms with Gasteiger partial charge in [0.1, 0.15) is 11.5 Å². The summed E-state index contributed by atoms with van der Waals surface area (Å²) in [6.07, 6.45) is 1.24. The van der Waals surface area contributed by atoms with Gasteiger partial charge in [0, 0.05) is 44.3 Å². The molecule has 2 aliphatic heterocycles. The van der Waals surface area contributed by atoms with Crippen LogP contribution in [0.1, 0.15) is 39.2 Å². The van der Waals surface area contributed by atoms with Crippen LogP contribution in [0, 0.1) is 0 Å². The number of likely N-dealkylation sites (tertiary alicyclic amines) is 1. The average molecular weight is 478 g/mol. The summed E-state index contributed by atoms with van der Waals surface area (Å²) in [5, 5.41) is 0. The van der Waals surface area contributed by atoms with E-state index in [0.717, 1.165) is 18.4 Å². The van der Waals surface area contributed by atoms with Gasteiger partial charge in [-0.25, -0.2) is 4.79 Å². The molecule has 0 spiro atoms. The SMILES string of the molecule is CCOC(=O)N1CCC(N2CC(=O)N(C(C)C)CC(OCc3cc(OC)cc(OC)c3)C2)CC1. The highest BCUT2D eigenvalue weighted by Gasteiger charge is 2.35. The smallest absolute Gasteiger partial charge is 0.409 e. The van der Waals surface area contributed by atoms with Crippen LogP contribution in [-0.4, -0.2) is 98.4 Å². The molecule has 2 amide bonds. The molecule has 34 heavy (non-hydrogen) atoms. The predicted octanol–water partition coefficient (Wildman–Crippen LogP) is 2.76. The summed E-state index contributed by atoms with van der Waals surface area (Å²) in [6, 6.07) is 6.03. The Morgan fingerprint density at radius 2 is 1.71 bits per heavy atom. The number of methoxy groups -OCH3 is 2. The van der Waals surface area contributed by atoms with Gasteiger partial charge in [-0.2, -0.15) is 0 Å². The maximum absolute atomic E-state index is 13.1. The fourth-order valence-corrected chi connectivity index (χ4v) is 4.64. The Hall–Kier alpha value is -2.52. The minimum Gasteiger partial charge on any atom is -0.497 e. The van der Waals surface area contributed by atoms with Crippen LogP contribution in [0.4, 0.5) is 4.79 Å². The molecule has 0 aliphatic carbocycles. The number of nitrogens with zero attached hydrogens (tertiary/aromatic N) is 3. The number of benzene rings is 1. The van der Waals surface area contributed by atoms with E-state index in [4.69, 9.17) is 18.9 Å². The monoisotopic (exact) mass is 477 g/mol. The fourth-order valence-electron chi connectivity index (χ4n) is 4.64. The zero-order valence-corrected chi connectivity index (χ0v) is 21.1. The normalized spacial score (nSPS) is 20.4. The Labute approximate surface area is 202 Å². The number of piperidine rings is 1. The maximum atomic E-state index is 13.1. The van der Waals surface area contributed by atoms with E-state index in [1.807, 2.05) is 43.9 Å². The summed E-state index contributed by atoms with van der Waals surface area (Å²) in [5.41, 5.74) is 0.956. The second-order valence-electron chi connectivity index (χ2n) is 9.14. The van der Waals surface area contributed by atoms with Crippen LogP contribution in [0.2, 0.25) is 0 Å². The van der Waals surface area contributed by atoms with E-state index in [1.54, 1.807) is 19.1 Å². The number of amides is 2. The van der Waals surface area contributed by atoms with Gasteiger partial charge in [-0.15, -0.1) is 0 Å². The molecule has 1 atom stereocenters. The topological polar surface area (TPSA) is 80.8 Å². The largest absolute Gasteiger partial charge is 0.497 e. The van der Waals surface area contributed by atoms with E-state index in [0.29, 0.717) is 57.4 Å². The van der Waals surface area contributed by atoms with Crippen molar-refractivity contribution in [2.75, 3.05) is 53.6 Å². The summed E-state index contributed by atoms with van der Waals surface area (Å²) in [7, 11) is 3.25. The van der Waals surface area contributed by atoms with E-state index < -0.39 is 0 Å². The zero-order valence-electron chi connectivity index (χ0n) is 21.1. The lowest BCUT2D eigenvalue weighted by molar-refractivity contribution is -0.134. The third-order valence-electron chi connectivity index (χ3n) is 6.52. The number of hydrogen-bond donors (Lipinski definition) is 0. The van der Waals surface area contributed by atoms with E-state index in [-0.39, 0.29) is 30.2 Å². The van der Waals surface area contributed by atoms with E-state index in [2.05, 4.69) is 4.90 Å². The Balaban J connectivity index is 1.68. The van der Waals surface area contributed by atoms with Crippen molar-refractivity contribution < 1.29 is 28.5 Å². The lowest BCUT2D eigenvalue weighted by Gasteiger charge is -2.38. The number of carbonyl (C=O) groups is 2. The van der Waals surface area contributed by atoms with Crippen molar-refractivity contribution in [2.24, 2.45) is 0 Å². The van der Waals surface area contributed by atoms with Crippen molar-refractivity contribution in [3.05, 3.63) is 23.8 Å². The van der Waals surface area contributed by atoms with Gasteiger partial charge in [0.05, 0.1) is 40.1 Å². The van der Waals surface area contributed by atoms with Crippen LogP contribution in [0.15, 0.2) is 18.2 Å². The summed E-state index contributed by atoms with van der Waals surface area (Å²) in [4.78, 5) is 31.0. The molecule has 2 fully saturated rings. The summed E-state index contributed by atoms with van der Waals surface area (Å²) in [5.74, 6) is 1.55. The molecule has 1 unspecified atom stereocenters. The molecule has 190 valence electrons. The highest BCUT2D eigenvalue weighted by Crippen LogP contribution is 2.25. The van der Waals surface area contributed by atoms with E-state index in [1.165, 1.54) is 0 Å². The second-order valence-corrected chi connectivity index (χ2v) is 9.14. The van der Waals surface area contributed by atoms with Gasteiger partial charge in [-0.1, -0.05) is 0 Å². The van der Waals surface area contributed by atoms with Crippen LogP contribution in [0.5, 0.6) is 11.5 Å². The van der Waals surface area contributed by atoms with Gasteiger partial charge < -0.3 is 28.7 Å². The molecule has 1 aromatic rings. The van der Waals surface area contributed by atoms with Gasteiger partial charge in [0.15, 0.2) is 0 Å². The maximum Gasteiger partial charge on any atom is 0.409 e. The lowest BCUT2D eigenvalue weighted by Crippen LogP contribution is -2.49. The molecule has 2 saturated heterocycles. The Kier molecular flexibility index (Phi) is 9.41. The first-order chi connectivity index (χ1) is 16.3. The van der Waals surface area contributed by atoms with Gasteiger partial charge >= 0.3 is 6.09 Å². The molecule has 1 aromatic carbocycles. The first-order valence-electron chi connectivity index (χ1n) is 12.1. The molecule has 2 heterocycles. The standard InChI is InChI=1S/C25H39N3O6/c1-6-33-25(30)26-9-7-20(8-10-26)27-14-23(15-28(18(2)3)24(29)16-27)34-17-19-11-21(31-4)13-22(12-19)32-5/h11-13,18,20,23H,6-10,14-17H2,1-5H3. The molecule has 2 aliphatic rings. The number of ether oxygens (including phenoxy) is 4. The molecule has 0 saturated carbocycles. The van der Waals surface area contributed by atoms with Gasteiger partial charge in [0.2, 0.25) is 5.91 Å². The summed E-state index contributed by atoms with van der Waals surface area (Å²) >= 11 is 0. The van der Waals surface area contributed by atoms with Crippen molar-refractivity contribution >= 4 is 12.0 Å². The average Bonchev–Trinajstić information content (AvgIpc) is 3.01. The van der Waals surface area contributed by atoms with E-state index >= 15 is 0 Å². The molecule has 0 bridgehead atoms. The van der Waals surface area contributed by atoms with Crippen LogP contribution >= 0.6 is 0 Å². The molecule has 3 rings (SSSR count). The first-order valence-corrected chi connectivity index (χ1v) is 12.1.